The first-order valence-electron chi connectivity index (χ1n) is 5.35. The molecular formula is C11H18N2O. The Morgan fingerprint density at radius 3 is 2.79 bits per heavy atom. The molecule has 1 heterocycles. The minimum Gasteiger partial charge on any atom is -0.387 e. The van der Waals surface area contributed by atoms with Crippen molar-refractivity contribution in [1.82, 2.24) is 9.78 Å². The molecule has 3 nitrogen and oxygen atoms in total. The Morgan fingerprint density at radius 2 is 2.36 bits per heavy atom. The number of aromatic nitrogens is 2. The highest BCUT2D eigenvalue weighted by Gasteiger charge is 2.23. The monoisotopic (exact) mass is 194 g/mol. The summed E-state index contributed by atoms with van der Waals surface area (Å²) in [5.41, 5.74) is 1.93. The molecule has 1 aliphatic carbocycles. The topological polar surface area (TPSA) is 38.0 Å². The fourth-order valence-electron chi connectivity index (χ4n) is 2.11. The maximum atomic E-state index is 9.99. The first-order valence-corrected chi connectivity index (χ1v) is 5.35. The molecule has 1 atom stereocenters. The quantitative estimate of drug-likeness (QED) is 0.798. The van der Waals surface area contributed by atoms with Crippen LogP contribution >= 0.6 is 0 Å². The van der Waals surface area contributed by atoms with Crippen LogP contribution in [0.15, 0.2) is 6.07 Å². The molecule has 1 aromatic heterocycles. The second kappa shape index (κ2) is 3.73. The van der Waals surface area contributed by atoms with Crippen molar-refractivity contribution < 1.29 is 5.11 Å². The van der Waals surface area contributed by atoms with Gasteiger partial charge in [-0.3, -0.25) is 4.68 Å². The lowest BCUT2D eigenvalue weighted by molar-refractivity contribution is 0.111. The predicted octanol–water partition coefficient (Wildman–Crippen LogP) is 1.95. The van der Waals surface area contributed by atoms with Gasteiger partial charge in [-0.25, -0.2) is 0 Å². The summed E-state index contributed by atoms with van der Waals surface area (Å²) in [6.45, 7) is 1.96. The van der Waals surface area contributed by atoms with E-state index in [1.54, 1.807) is 4.68 Å². The van der Waals surface area contributed by atoms with E-state index in [2.05, 4.69) is 5.10 Å². The summed E-state index contributed by atoms with van der Waals surface area (Å²) in [5.74, 6) is 0.736. The molecule has 0 saturated heterocycles. The van der Waals surface area contributed by atoms with Crippen molar-refractivity contribution in [3.05, 3.63) is 17.5 Å². The highest BCUT2D eigenvalue weighted by atomic mass is 16.3. The molecule has 1 aliphatic rings. The molecule has 78 valence electrons. The first-order chi connectivity index (χ1) is 6.66. The molecule has 14 heavy (non-hydrogen) atoms. The predicted molar refractivity (Wildman–Crippen MR) is 54.9 cm³/mol. The average molecular weight is 194 g/mol. The van der Waals surface area contributed by atoms with Crippen LogP contribution in [0.5, 0.6) is 0 Å². The molecule has 1 aromatic rings. The van der Waals surface area contributed by atoms with E-state index in [-0.39, 0.29) is 6.10 Å². The molecule has 0 bridgehead atoms. The second-order valence-electron chi connectivity index (χ2n) is 4.38. The molecule has 0 aromatic carbocycles. The number of aliphatic hydroxyl groups is 1. The fourth-order valence-corrected chi connectivity index (χ4v) is 2.11. The number of aliphatic hydroxyl groups excluding tert-OH is 1. The van der Waals surface area contributed by atoms with Gasteiger partial charge in [-0.05, 0) is 25.3 Å². The van der Waals surface area contributed by atoms with E-state index >= 15 is 0 Å². The number of hydrogen-bond donors (Lipinski definition) is 1. The van der Waals surface area contributed by atoms with Crippen LogP contribution in [-0.2, 0) is 7.05 Å². The number of rotatable bonds is 3. The zero-order chi connectivity index (χ0) is 10.1. The van der Waals surface area contributed by atoms with Crippen LogP contribution in [0.25, 0.3) is 0 Å². The van der Waals surface area contributed by atoms with Crippen molar-refractivity contribution in [1.29, 1.82) is 0 Å². The molecule has 2 rings (SSSR count). The van der Waals surface area contributed by atoms with Gasteiger partial charge in [0.05, 0.1) is 17.5 Å². The van der Waals surface area contributed by atoms with E-state index in [1.807, 2.05) is 20.0 Å². The summed E-state index contributed by atoms with van der Waals surface area (Å²) in [7, 11) is 1.90. The van der Waals surface area contributed by atoms with Gasteiger partial charge in [-0.1, -0.05) is 19.3 Å². The van der Waals surface area contributed by atoms with Crippen molar-refractivity contribution in [2.24, 2.45) is 13.0 Å². The fraction of sp³-hybridized carbons (Fsp3) is 0.727. The Morgan fingerprint density at radius 1 is 1.64 bits per heavy atom. The van der Waals surface area contributed by atoms with Gasteiger partial charge < -0.3 is 5.11 Å². The Balaban J connectivity index is 2.02. The highest BCUT2D eigenvalue weighted by Crippen LogP contribution is 2.34. The standard InChI is InChI=1S/C11H18N2O/c1-8-6-10(13(2)12-8)11(14)7-9-4-3-5-9/h6,9,11,14H,3-5,7H2,1-2H3. The third kappa shape index (κ3) is 1.82. The molecule has 1 unspecified atom stereocenters. The zero-order valence-corrected chi connectivity index (χ0v) is 8.90. The van der Waals surface area contributed by atoms with Gasteiger partial charge in [0, 0.05) is 7.05 Å². The normalized spacial score (nSPS) is 19.4. The number of hydrogen-bond acceptors (Lipinski definition) is 2. The molecule has 0 spiro atoms. The zero-order valence-electron chi connectivity index (χ0n) is 8.90. The van der Waals surface area contributed by atoms with Crippen molar-refractivity contribution >= 4 is 0 Å². The highest BCUT2D eigenvalue weighted by molar-refractivity contribution is 5.11. The molecular weight excluding hydrogens is 176 g/mol. The van der Waals surface area contributed by atoms with E-state index in [0.717, 1.165) is 23.7 Å². The van der Waals surface area contributed by atoms with Crippen LogP contribution in [-0.4, -0.2) is 14.9 Å². The lowest BCUT2D eigenvalue weighted by Gasteiger charge is -2.27. The number of aryl methyl sites for hydroxylation is 2. The molecule has 0 aliphatic heterocycles. The van der Waals surface area contributed by atoms with Crippen molar-refractivity contribution in [3.63, 3.8) is 0 Å². The van der Waals surface area contributed by atoms with Crippen LogP contribution < -0.4 is 0 Å². The van der Waals surface area contributed by atoms with Crippen LogP contribution in [0.2, 0.25) is 0 Å². The minimum absolute atomic E-state index is 0.327. The third-order valence-corrected chi connectivity index (χ3v) is 3.16. The lowest BCUT2D eigenvalue weighted by atomic mass is 9.81. The maximum Gasteiger partial charge on any atom is 0.0959 e. The van der Waals surface area contributed by atoms with Crippen LogP contribution in [0.3, 0.4) is 0 Å². The minimum atomic E-state index is -0.327. The molecule has 0 radical (unpaired) electrons. The van der Waals surface area contributed by atoms with Gasteiger partial charge in [0.2, 0.25) is 0 Å². The molecule has 1 fully saturated rings. The first kappa shape index (κ1) is 9.71. The van der Waals surface area contributed by atoms with E-state index < -0.39 is 0 Å². The van der Waals surface area contributed by atoms with E-state index in [9.17, 15) is 5.11 Å². The van der Waals surface area contributed by atoms with Gasteiger partial charge in [0.1, 0.15) is 0 Å². The van der Waals surface area contributed by atoms with Gasteiger partial charge in [0.15, 0.2) is 0 Å². The van der Waals surface area contributed by atoms with E-state index in [4.69, 9.17) is 0 Å². The van der Waals surface area contributed by atoms with Crippen molar-refractivity contribution in [3.8, 4) is 0 Å². The Bertz CT molecular complexity index is 315. The Hall–Kier alpha value is -0.830. The lowest BCUT2D eigenvalue weighted by Crippen LogP contribution is -2.16. The number of nitrogens with zero attached hydrogens (tertiary/aromatic N) is 2. The largest absolute Gasteiger partial charge is 0.387 e. The van der Waals surface area contributed by atoms with Crippen LogP contribution in [0.1, 0.15) is 43.2 Å². The Labute approximate surface area is 84.7 Å². The van der Waals surface area contributed by atoms with E-state index in [1.165, 1.54) is 19.3 Å². The molecule has 1 saturated carbocycles. The summed E-state index contributed by atoms with van der Waals surface area (Å²) in [6, 6.07) is 1.98. The van der Waals surface area contributed by atoms with Crippen LogP contribution in [0, 0.1) is 12.8 Å². The summed E-state index contributed by atoms with van der Waals surface area (Å²) in [6.07, 6.45) is 4.48. The van der Waals surface area contributed by atoms with Gasteiger partial charge >= 0.3 is 0 Å². The maximum absolute atomic E-state index is 9.99. The molecule has 0 amide bonds. The Kier molecular flexibility index (Phi) is 2.59. The summed E-state index contributed by atoms with van der Waals surface area (Å²) in [5, 5.41) is 14.2. The average Bonchev–Trinajstić information content (AvgIpc) is 2.37. The third-order valence-electron chi connectivity index (χ3n) is 3.16. The van der Waals surface area contributed by atoms with Crippen molar-refractivity contribution in [2.45, 2.75) is 38.7 Å². The van der Waals surface area contributed by atoms with Gasteiger partial charge in [-0.2, -0.15) is 5.10 Å². The summed E-state index contributed by atoms with van der Waals surface area (Å²) in [4.78, 5) is 0. The summed E-state index contributed by atoms with van der Waals surface area (Å²) < 4.78 is 1.79. The summed E-state index contributed by atoms with van der Waals surface area (Å²) >= 11 is 0. The second-order valence-corrected chi connectivity index (χ2v) is 4.38. The molecule has 3 heteroatoms. The van der Waals surface area contributed by atoms with Gasteiger partial charge in [-0.15, -0.1) is 0 Å². The van der Waals surface area contributed by atoms with E-state index in [0.29, 0.717) is 0 Å². The van der Waals surface area contributed by atoms with Crippen LogP contribution in [0.4, 0.5) is 0 Å². The van der Waals surface area contributed by atoms with Crippen molar-refractivity contribution in [2.75, 3.05) is 0 Å². The SMILES string of the molecule is Cc1cc(C(O)CC2CCC2)n(C)n1. The molecule has 1 N–H and O–H groups in total. The smallest absolute Gasteiger partial charge is 0.0959 e. The van der Waals surface area contributed by atoms with Gasteiger partial charge in [0.25, 0.3) is 0 Å².